The summed E-state index contributed by atoms with van der Waals surface area (Å²) in [5.74, 6) is -0.374. The minimum Gasteiger partial charge on any atom is -0.370 e. The highest BCUT2D eigenvalue weighted by atomic mass is 16.7. The van der Waals surface area contributed by atoms with Crippen molar-refractivity contribution in [3.05, 3.63) is 11.6 Å². The van der Waals surface area contributed by atoms with Gasteiger partial charge in [0.15, 0.2) is 0 Å². The first kappa shape index (κ1) is 17.9. The molecule has 0 aromatic carbocycles. The number of fused-ring (bicyclic) bond motifs is 1. The van der Waals surface area contributed by atoms with Crippen LogP contribution in [0.1, 0.15) is 34.6 Å². The molecule has 5 nitrogen and oxygen atoms in total. The summed E-state index contributed by atoms with van der Waals surface area (Å²) in [7, 11) is 3.37. The summed E-state index contributed by atoms with van der Waals surface area (Å²) >= 11 is 0. The van der Waals surface area contributed by atoms with Gasteiger partial charge in [0.2, 0.25) is 5.79 Å². The zero-order chi connectivity index (χ0) is 16.5. The number of rotatable bonds is 5. The molecule has 0 spiro atoms. The van der Waals surface area contributed by atoms with Gasteiger partial charge in [0, 0.05) is 26.7 Å². The fourth-order valence-electron chi connectivity index (χ4n) is 3.40. The van der Waals surface area contributed by atoms with Gasteiger partial charge < -0.3 is 18.9 Å². The van der Waals surface area contributed by atoms with Crippen molar-refractivity contribution in [1.29, 1.82) is 0 Å². The van der Waals surface area contributed by atoms with Crippen molar-refractivity contribution in [2.45, 2.75) is 58.2 Å². The molecule has 2 fully saturated rings. The maximum atomic E-state index is 6.06. The fourth-order valence-corrected chi connectivity index (χ4v) is 3.40. The normalized spacial score (nSPS) is 31.3. The molecular weight excluding hydrogens is 282 g/mol. The first-order chi connectivity index (χ1) is 10.2. The third-order valence-electron chi connectivity index (χ3n) is 4.40. The van der Waals surface area contributed by atoms with Gasteiger partial charge in [-0.3, -0.25) is 4.90 Å². The van der Waals surface area contributed by atoms with Crippen LogP contribution in [0.5, 0.6) is 0 Å². The van der Waals surface area contributed by atoms with Crippen LogP contribution in [0.4, 0.5) is 0 Å². The Morgan fingerprint density at radius 2 is 1.91 bits per heavy atom. The standard InChI is InChI=1S/C17H31NO4/c1-12(2)8-13-9-18(11-22-16(3,4)5)15-14(13)21-10-17(15,19-6)20-7/h8,13-15H,9-11H2,1-7H3. The molecule has 22 heavy (non-hydrogen) atoms. The number of nitrogens with zero attached hydrogens (tertiary/aromatic N) is 1. The predicted octanol–water partition coefficient (Wildman–Crippen LogP) is 2.41. The summed E-state index contributed by atoms with van der Waals surface area (Å²) in [4.78, 5) is 2.29. The van der Waals surface area contributed by atoms with Crippen LogP contribution in [-0.4, -0.2) is 62.5 Å². The summed E-state index contributed by atoms with van der Waals surface area (Å²) < 4.78 is 23.5. The summed E-state index contributed by atoms with van der Waals surface area (Å²) in [6.07, 6.45) is 2.37. The summed E-state index contributed by atoms with van der Waals surface area (Å²) in [6, 6.07) is 0.0467. The van der Waals surface area contributed by atoms with Crippen LogP contribution in [0, 0.1) is 5.92 Å². The van der Waals surface area contributed by atoms with Crippen LogP contribution in [0.25, 0.3) is 0 Å². The van der Waals surface area contributed by atoms with Gasteiger partial charge in [0.1, 0.15) is 13.3 Å². The zero-order valence-corrected chi connectivity index (χ0v) is 15.0. The second kappa shape index (κ2) is 6.57. The summed E-state index contributed by atoms with van der Waals surface area (Å²) in [5.41, 5.74) is 1.13. The third-order valence-corrected chi connectivity index (χ3v) is 4.40. The van der Waals surface area contributed by atoms with E-state index in [1.54, 1.807) is 14.2 Å². The van der Waals surface area contributed by atoms with Crippen LogP contribution >= 0.6 is 0 Å². The van der Waals surface area contributed by atoms with Crippen LogP contribution in [-0.2, 0) is 18.9 Å². The monoisotopic (exact) mass is 313 g/mol. The topological polar surface area (TPSA) is 40.2 Å². The lowest BCUT2D eigenvalue weighted by atomic mass is 9.97. The molecule has 2 aliphatic rings. The minimum atomic E-state index is -0.712. The van der Waals surface area contributed by atoms with Gasteiger partial charge in [-0.2, -0.15) is 0 Å². The Hall–Kier alpha value is -0.460. The van der Waals surface area contributed by atoms with Gasteiger partial charge in [-0.15, -0.1) is 0 Å². The second-order valence-electron chi connectivity index (χ2n) is 7.51. The number of ether oxygens (including phenoxy) is 4. The number of methoxy groups -OCH3 is 2. The summed E-state index contributed by atoms with van der Waals surface area (Å²) in [6.45, 7) is 12.4. The molecule has 0 radical (unpaired) electrons. The molecule has 2 heterocycles. The van der Waals surface area contributed by atoms with Crippen molar-refractivity contribution in [1.82, 2.24) is 4.90 Å². The fraction of sp³-hybridized carbons (Fsp3) is 0.882. The molecule has 128 valence electrons. The number of hydrogen-bond donors (Lipinski definition) is 0. The van der Waals surface area contributed by atoms with Crippen LogP contribution in [0.3, 0.4) is 0 Å². The minimum absolute atomic E-state index is 0.0467. The van der Waals surface area contributed by atoms with Gasteiger partial charge in [-0.1, -0.05) is 11.6 Å². The van der Waals surface area contributed by atoms with Crippen LogP contribution in [0.2, 0.25) is 0 Å². The van der Waals surface area contributed by atoms with E-state index in [2.05, 4.69) is 45.6 Å². The highest BCUT2D eigenvalue weighted by molar-refractivity contribution is 5.13. The smallest absolute Gasteiger partial charge is 0.210 e. The Bertz CT molecular complexity index is 407. The van der Waals surface area contributed by atoms with E-state index in [1.807, 2.05) is 0 Å². The molecule has 2 rings (SSSR count). The average molecular weight is 313 g/mol. The molecule has 0 amide bonds. The maximum absolute atomic E-state index is 6.06. The molecule has 0 saturated carbocycles. The second-order valence-corrected chi connectivity index (χ2v) is 7.51. The van der Waals surface area contributed by atoms with E-state index < -0.39 is 5.79 Å². The molecule has 2 saturated heterocycles. The van der Waals surface area contributed by atoms with Crippen molar-refractivity contribution in [2.24, 2.45) is 5.92 Å². The quantitative estimate of drug-likeness (QED) is 0.576. The maximum Gasteiger partial charge on any atom is 0.210 e. The first-order valence-corrected chi connectivity index (χ1v) is 7.97. The molecule has 3 unspecified atom stereocenters. The molecule has 0 bridgehead atoms. The Morgan fingerprint density at radius 3 is 2.41 bits per heavy atom. The van der Waals surface area contributed by atoms with Crippen molar-refractivity contribution in [3.8, 4) is 0 Å². The van der Waals surface area contributed by atoms with E-state index in [0.717, 1.165) is 6.54 Å². The van der Waals surface area contributed by atoms with Crippen molar-refractivity contribution in [3.63, 3.8) is 0 Å². The van der Waals surface area contributed by atoms with Crippen molar-refractivity contribution >= 4 is 0 Å². The Balaban J connectivity index is 2.22. The zero-order valence-electron chi connectivity index (χ0n) is 15.0. The number of allylic oxidation sites excluding steroid dienone is 1. The van der Waals surface area contributed by atoms with Gasteiger partial charge in [0.05, 0.1) is 17.7 Å². The number of likely N-dealkylation sites (tertiary alicyclic amines) is 1. The van der Waals surface area contributed by atoms with Gasteiger partial charge in [-0.05, 0) is 34.6 Å². The molecule has 0 aromatic heterocycles. The Morgan fingerprint density at radius 1 is 1.27 bits per heavy atom. The van der Waals surface area contributed by atoms with E-state index in [-0.39, 0.29) is 17.7 Å². The van der Waals surface area contributed by atoms with Crippen LogP contribution in [0.15, 0.2) is 11.6 Å². The molecule has 2 aliphatic heterocycles. The van der Waals surface area contributed by atoms with E-state index >= 15 is 0 Å². The van der Waals surface area contributed by atoms with Gasteiger partial charge in [-0.25, -0.2) is 0 Å². The van der Waals surface area contributed by atoms with E-state index in [0.29, 0.717) is 19.3 Å². The molecule has 5 heteroatoms. The van der Waals surface area contributed by atoms with Crippen molar-refractivity contribution in [2.75, 3.05) is 34.1 Å². The SMILES string of the molecule is COC1(OC)COC2C(C=C(C)C)CN(COC(C)(C)C)C21. The summed E-state index contributed by atoms with van der Waals surface area (Å²) in [5, 5.41) is 0. The largest absolute Gasteiger partial charge is 0.370 e. The lowest BCUT2D eigenvalue weighted by Gasteiger charge is -2.36. The molecule has 0 N–H and O–H groups in total. The predicted molar refractivity (Wildman–Crippen MR) is 85.6 cm³/mol. The van der Waals surface area contributed by atoms with E-state index in [4.69, 9.17) is 18.9 Å². The molecule has 0 aliphatic carbocycles. The highest BCUT2D eigenvalue weighted by Gasteiger charge is 2.59. The molecule has 0 aromatic rings. The lowest BCUT2D eigenvalue weighted by molar-refractivity contribution is -0.235. The van der Waals surface area contributed by atoms with E-state index in [1.165, 1.54) is 5.57 Å². The highest BCUT2D eigenvalue weighted by Crippen LogP contribution is 2.42. The van der Waals surface area contributed by atoms with Crippen LogP contribution < -0.4 is 0 Å². The average Bonchev–Trinajstić information content (AvgIpc) is 2.95. The first-order valence-electron chi connectivity index (χ1n) is 7.97. The van der Waals surface area contributed by atoms with Gasteiger partial charge in [0.25, 0.3) is 0 Å². The van der Waals surface area contributed by atoms with Gasteiger partial charge >= 0.3 is 0 Å². The van der Waals surface area contributed by atoms with E-state index in [9.17, 15) is 0 Å². The van der Waals surface area contributed by atoms with Crippen molar-refractivity contribution < 1.29 is 18.9 Å². The third kappa shape index (κ3) is 3.54. The molecule has 3 atom stereocenters. The number of hydrogen-bond acceptors (Lipinski definition) is 5. The Kier molecular flexibility index (Phi) is 5.34. The molecular formula is C17H31NO4. The Labute approximate surface area is 134 Å². The lowest BCUT2D eigenvalue weighted by Crippen LogP contribution is -2.54.